The summed E-state index contributed by atoms with van der Waals surface area (Å²) in [5.74, 6) is -0.406. The SMILES string of the molecule is C[C@H](O)C(=O)N[C@@H](C)CC1CCC2(CC1)OC(=O)NN=C2c1ccc(F)cc1Br. The first-order chi connectivity index (χ1) is 13.7. The van der Waals surface area contributed by atoms with E-state index in [4.69, 9.17) is 4.74 Å². The van der Waals surface area contributed by atoms with Gasteiger partial charge in [-0.15, -0.1) is 0 Å². The van der Waals surface area contributed by atoms with Gasteiger partial charge in [0.1, 0.15) is 17.6 Å². The molecule has 7 nitrogen and oxygen atoms in total. The highest BCUT2D eigenvalue weighted by atomic mass is 79.9. The standard InChI is InChI=1S/C20H25BrFN3O4/c1-11(23-18(27)12(2)26)9-13-5-7-20(8-6-13)17(24-25-19(28)29-20)15-4-3-14(22)10-16(15)21/h3-4,10-13,26H,5-9H2,1-2H3,(H,23,27)(H,25,28)/t11-,12-,13?,20?/m0/s1. The van der Waals surface area contributed by atoms with Gasteiger partial charge in [0.25, 0.3) is 0 Å². The number of carbonyl (C=O) groups excluding carboxylic acids is 2. The third kappa shape index (κ3) is 4.95. The molecule has 1 spiro atoms. The molecule has 0 radical (unpaired) electrons. The largest absolute Gasteiger partial charge is 0.435 e. The molecule has 3 N–H and O–H groups in total. The number of aliphatic hydroxyl groups is 1. The van der Waals surface area contributed by atoms with E-state index in [9.17, 15) is 19.1 Å². The van der Waals surface area contributed by atoms with Crippen molar-refractivity contribution in [1.29, 1.82) is 0 Å². The van der Waals surface area contributed by atoms with Crippen molar-refractivity contribution in [2.75, 3.05) is 0 Å². The summed E-state index contributed by atoms with van der Waals surface area (Å²) in [6.07, 6.45) is 1.90. The van der Waals surface area contributed by atoms with Crippen molar-refractivity contribution in [3.8, 4) is 0 Å². The maximum Gasteiger partial charge on any atom is 0.428 e. The normalized spacial score (nSPS) is 26.2. The minimum Gasteiger partial charge on any atom is -0.435 e. The number of hydrogen-bond acceptors (Lipinski definition) is 5. The Morgan fingerprint density at radius 2 is 2.14 bits per heavy atom. The molecule has 0 saturated heterocycles. The molecule has 0 unspecified atom stereocenters. The molecule has 0 bridgehead atoms. The zero-order valence-electron chi connectivity index (χ0n) is 16.4. The molecule has 0 aromatic heterocycles. The molecule has 1 heterocycles. The minimum absolute atomic E-state index is 0.0638. The van der Waals surface area contributed by atoms with Crippen LogP contribution in [-0.4, -0.2) is 40.6 Å². The Morgan fingerprint density at radius 3 is 2.76 bits per heavy atom. The zero-order chi connectivity index (χ0) is 21.2. The van der Waals surface area contributed by atoms with Crippen LogP contribution in [0, 0.1) is 11.7 Å². The van der Waals surface area contributed by atoms with Gasteiger partial charge >= 0.3 is 6.09 Å². The van der Waals surface area contributed by atoms with Gasteiger partial charge in [0.2, 0.25) is 5.91 Å². The van der Waals surface area contributed by atoms with Crippen molar-refractivity contribution in [2.45, 2.75) is 63.7 Å². The van der Waals surface area contributed by atoms with E-state index in [2.05, 4.69) is 31.8 Å². The van der Waals surface area contributed by atoms with Gasteiger partial charge in [-0.2, -0.15) is 5.10 Å². The third-order valence-electron chi connectivity index (χ3n) is 5.53. The highest BCUT2D eigenvalue weighted by Crippen LogP contribution is 2.41. The molecule has 158 valence electrons. The number of aliphatic hydroxyl groups excluding tert-OH is 1. The zero-order valence-corrected chi connectivity index (χ0v) is 18.0. The van der Waals surface area contributed by atoms with Crippen molar-refractivity contribution in [3.05, 3.63) is 34.1 Å². The summed E-state index contributed by atoms with van der Waals surface area (Å²) in [5.41, 5.74) is 2.77. The number of rotatable bonds is 5. The first-order valence-corrected chi connectivity index (χ1v) is 10.5. The van der Waals surface area contributed by atoms with Gasteiger partial charge in [0.15, 0.2) is 5.60 Å². The molecule has 2 aliphatic rings. The number of hydrazone groups is 1. The Balaban J connectivity index is 1.71. The number of halogens is 2. The highest BCUT2D eigenvalue weighted by molar-refractivity contribution is 9.10. The van der Waals surface area contributed by atoms with Crippen LogP contribution in [0.4, 0.5) is 9.18 Å². The fraction of sp³-hybridized carbons (Fsp3) is 0.550. The Labute approximate surface area is 177 Å². The third-order valence-corrected chi connectivity index (χ3v) is 6.19. The minimum atomic E-state index is -1.03. The molecule has 1 aliphatic carbocycles. The molecule has 1 aromatic rings. The number of nitrogens with one attached hydrogen (secondary N) is 2. The number of ether oxygens (including phenoxy) is 1. The summed E-state index contributed by atoms with van der Waals surface area (Å²) >= 11 is 3.38. The molecule has 1 aliphatic heterocycles. The first kappa shape index (κ1) is 21.7. The van der Waals surface area contributed by atoms with Crippen LogP contribution >= 0.6 is 15.9 Å². The number of benzene rings is 1. The Hall–Kier alpha value is -2.00. The van der Waals surface area contributed by atoms with Crippen LogP contribution in [0.15, 0.2) is 27.8 Å². The second-order valence-corrected chi connectivity index (χ2v) is 8.70. The Morgan fingerprint density at radius 1 is 1.45 bits per heavy atom. The number of amides is 2. The second-order valence-electron chi connectivity index (χ2n) is 7.84. The summed E-state index contributed by atoms with van der Waals surface area (Å²) < 4.78 is 19.8. The summed E-state index contributed by atoms with van der Waals surface area (Å²) in [6, 6.07) is 4.28. The van der Waals surface area contributed by atoms with Gasteiger partial charge in [-0.05, 0) is 70.1 Å². The smallest absolute Gasteiger partial charge is 0.428 e. The average Bonchev–Trinajstić information content (AvgIpc) is 2.64. The van der Waals surface area contributed by atoms with Crippen LogP contribution in [0.3, 0.4) is 0 Å². The number of hydrogen-bond donors (Lipinski definition) is 3. The molecule has 2 atom stereocenters. The van der Waals surface area contributed by atoms with E-state index in [-0.39, 0.29) is 17.8 Å². The fourth-order valence-electron chi connectivity index (χ4n) is 4.08. The average molecular weight is 470 g/mol. The molecular weight excluding hydrogens is 445 g/mol. The molecular formula is C20H25BrFN3O4. The predicted octanol–water partition coefficient (Wildman–Crippen LogP) is 3.24. The first-order valence-electron chi connectivity index (χ1n) is 9.71. The van der Waals surface area contributed by atoms with Crippen molar-refractivity contribution in [1.82, 2.24) is 10.7 Å². The van der Waals surface area contributed by atoms with Crippen molar-refractivity contribution >= 4 is 33.6 Å². The molecule has 1 fully saturated rings. The van der Waals surface area contributed by atoms with Crippen LogP contribution in [0.5, 0.6) is 0 Å². The monoisotopic (exact) mass is 469 g/mol. The second kappa shape index (κ2) is 8.79. The molecule has 3 rings (SSSR count). The molecule has 1 aromatic carbocycles. The van der Waals surface area contributed by atoms with Gasteiger partial charge in [0, 0.05) is 16.1 Å². The van der Waals surface area contributed by atoms with Gasteiger partial charge < -0.3 is 15.2 Å². The predicted molar refractivity (Wildman–Crippen MR) is 109 cm³/mol. The van der Waals surface area contributed by atoms with Gasteiger partial charge in [0.05, 0.1) is 0 Å². The van der Waals surface area contributed by atoms with Crippen LogP contribution in [0.1, 0.15) is 51.5 Å². The number of carbonyl (C=O) groups is 2. The molecule has 1 saturated carbocycles. The summed E-state index contributed by atoms with van der Waals surface area (Å²) in [6.45, 7) is 3.35. The van der Waals surface area contributed by atoms with Gasteiger partial charge in [-0.25, -0.2) is 14.6 Å². The topological polar surface area (TPSA) is 100 Å². The van der Waals surface area contributed by atoms with Gasteiger partial charge in [-0.3, -0.25) is 4.79 Å². The Bertz CT molecular complexity index is 822. The van der Waals surface area contributed by atoms with Crippen molar-refractivity contribution < 1.29 is 23.8 Å². The molecule has 2 amide bonds. The van der Waals surface area contributed by atoms with E-state index < -0.39 is 17.8 Å². The van der Waals surface area contributed by atoms with E-state index in [1.165, 1.54) is 19.1 Å². The summed E-state index contributed by atoms with van der Waals surface area (Å²) in [7, 11) is 0. The van der Waals surface area contributed by atoms with Gasteiger partial charge in [-0.1, -0.05) is 15.9 Å². The van der Waals surface area contributed by atoms with E-state index in [1.807, 2.05) is 6.92 Å². The van der Waals surface area contributed by atoms with Crippen molar-refractivity contribution in [3.63, 3.8) is 0 Å². The Kier molecular flexibility index (Phi) is 6.58. The van der Waals surface area contributed by atoms with Crippen LogP contribution < -0.4 is 10.7 Å². The van der Waals surface area contributed by atoms with E-state index in [1.54, 1.807) is 6.07 Å². The molecule has 9 heteroatoms. The van der Waals surface area contributed by atoms with Crippen LogP contribution in [0.25, 0.3) is 0 Å². The summed E-state index contributed by atoms with van der Waals surface area (Å²) in [5, 5.41) is 16.4. The maximum absolute atomic E-state index is 13.5. The van der Waals surface area contributed by atoms with E-state index >= 15 is 0 Å². The molecule has 29 heavy (non-hydrogen) atoms. The lowest BCUT2D eigenvalue weighted by Gasteiger charge is -2.42. The highest BCUT2D eigenvalue weighted by Gasteiger charge is 2.46. The lowest BCUT2D eigenvalue weighted by atomic mass is 9.73. The lowest BCUT2D eigenvalue weighted by molar-refractivity contribution is -0.129. The van der Waals surface area contributed by atoms with Crippen molar-refractivity contribution in [2.24, 2.45) is 11.0 Å². The lowest BCUT2D eigenvalue weighted by Crippen LogP contribution is -2.52. The summed E-state index contributed by atoms with van der Waals surface area (Å²) in [4.78, 5) is 23.6. The van der Waals surface area contributed by atoms with E-state index in [0.29, 0.717) is 34.5 Å². The van der Waals surface area contributed by atoms with E-state index in [0.717, 1.165) is 19.3 Å². The van der Waals surface area contributed by atoms with Crippen LogP contribution in [-0.2, 0) is 9.53 Å². The van der Waals surface area contributed by atoms with Crippen LogP contribution in [0.2, 0.25) is 0 Å². The number of nitrogens with zero attached hydrogens (tertiary/aromatic N) is 1. The maximum atomic E-state index is 13.5. The fourth-order valence-corrected chi connectivity index (χ4v) is 4.62. The quantitative estimate of drug-likeness (QED) is 0.615.